The van der Waals surface area contributed by atoms with E-state index in [1.54, 1.807) is 12.1 Å². The number of rotatable bonds is 9. The van der Waals surface area contributed by atoms with Crippen LogP contribution < -0.4 is 0 Å². The maximum Gasteiger partial charge on any atom is 0.164 e. The van der Waals surface area contributed by atoms with Crippen LogP contribution in [0.1, 0.15) is 39.2 Å². The zero-order chi connectivity index (χ0) is 19.1. The number of thioether (sulfide) groups is 1. The maximum atomic E-state index is 10.7. The first kappa shape index (κ1) is 20.9. The average Bonchev–Trinajstić information content (AvgIpc) is 2.95. The van der Waals surface area contributed by atoms with Gasteiger partial charge in [0.05, 0.1) is 11.7 Å². The molecule has 26 heavy (non-hydrogen) atoms. The number of amidine groups is 1. The summed E-state index contributed by atoms with van der Waals surface area (Å²) < 4.78 is 0. The van der Waals surface area contributed by atoms with Gasteiger partial charge in [0.25, 0.3) is 0 Å². The van der Waals surface area contributed by atoms with E-state index in [0.29, 0.717) is 17.6 Å². The van der Waals surface area contributed by atoms with Gasteiger partial charge in [0.15, 0.2) is 5.17 Å². The maximum absolute atomic E-state index is 10.7. The Hall–Kier alpha value is -1.40. The quantitative estimate of drug-likeness (QED) is 0.557. The van der Waals surface area contributed by atoms with E-state index in [2.05, 4.69) is 42.8 Å². The molecule has 5 nitrogen and oxygen atoms in total. The Kier molecular flexibility index (Phi) is 8.10. The van der Waals surface area contributed by atoms with Crippen LogP contribution >= 0.6 is 11.8 Å². The van der Waals surface area contributed by atoms with E-state index in [-0.39, 0.29) is 0 Å². The first-order valence-corrected chi connectivity index (χ1v) is 10.5. The van der Waals surface area contributed by atoms with Gasteiger partial charge < -0.3 is 9.80 Å². The van der Waals surface area contributed by atoms with E-state index < -0.39 is 0 Å². The minimum Gasteiger partial charge on any atom is -0.346 e. The summed E-state index contributed by atoms with van der Waals surface area (Å²) in [6.07, 6.45) is 2.36. The fourth-order valence-corrected chi connectivity index (χ4v) is 4.53. The van der Waals surface area contributed by atoms with Crippen LogP contribution in [0.25, 0.3) is 0 Å². The second-order valence-corrected chi connectivity index (χ2v) is 8.57. The molecule has 1 unspecified atom stereocenters. The summed E-state index contributed by atoms with van der Waals surface area (Å²) >= 11 is 1.85. The third-order valence-corrected chi connectivity index (χ3v) is 5.68. The fraction of sp³-hybridized carbons (Fsp3) is 0.650. The van der Waals surface area contributed by atoms with Crippen LogP contribution in [-0.4, -0.2) is 53.4 Å². The van der Waals surface area contributed by atoms with Crippen LogP contribution in [0.2, 0.25) is 0 Å². The van der Waals surface area contributed by atoms with Crippen molar-refractivity contribution in [2.75, 3.05) is 32.4 Å². The zero-order valence-corrected chi connectivity index (χ0v) is 17.6. The van der Waals surface area contributed by atoms with Gasteiger partial charge in [-0.1, -0.05) is 39.0 Å². The molecule has 0 aromatic heterocycles. The lowest BCUT2D eigenvalue weighted by Gasteiger charge is -2.30. The van der Waals surface area contributed by atoms with Crippen molar-refractivity contribution >= 4 is 28.3 Å². The van der Waals surface area contributed by atoms with Crippen LogP contribution in [0.3, 0.4) is 0 Å². The molecule has 1 saturated heterocycles. The molecule has 1 aliphatic rings. The molecule has 0 radical (unpaired) electrons. The summed E-state index contributed by atoms with van der Waals surface area (Å²) in [6.45, 7) is 12.0. The molecule has 1 fully saturated rings. The molecule has 1 aliphatic heterocycles. The second kappa shape index (κ2) is 10.1. The number of hydrogen-bond donors (Lipinski definition) is 0. The van der Waals surface area contributed by atoms with Crippen LogP contribution in [0.5, 0.6) is 0 Å². The van der Waals surface area contributed by atoms with Crippen molar-refractivity contribution < 1.29 is 0 Å². The molecule has 1 aromatic rings. The second-order valence-electron chi connectivity index (χ2n) is 7.58. The minimum atomic E-state index is 0.460. The lowest BCUT2D eigenvalue weighted by atomic mass is 10.2. The number of benzene rings is 1. The molecule has 1 heterocycles. The van der Waals surface area contributed by atoms with Gasteiger partial charge in [0, 0.05) is 25.4 Å². The minimum absolute atomic E-state index is 0.460. The summed E-state index contributed by atoms with van der Waals surface area (Å²) in [5, 5.41) is 4.12. The van der Waals surface area contributed by atoms with Gasteiger partial charge in [-0.2, -0.15) is 0 Å². The van der Waals surface area contributed by atoms with Crippen molar-refractivity contribution in [1.82, 2.24) is 9.80 Å². The molecule has 2 rings (SSSR count). The largest absolute Gasteiger partial charge is 0.346 e. The summed E-state index contributed by atoms with van der Waals surface area (Å²) in [4.78, 5) is 20.6. The zero-order valence-electron chi connectivity index (χ0n) is 16.7. The third kappa shape index (κ3) is 5.81. The van der Waals surface area contributed by atoms with Crippen molar-refractivity contribution in [2.45, 2.75) is 46.6 Å². The highest BCUT2D eigenvalue weighted by Crippen LogP contribution is 2.30. The summed E-state index contributed by atoms with van der Waals surface area (Å²) in [5.74, 6) is 1.76. The first-order chi connectivity index (χ1) is 12.4. The Balaban J connectivity index is 2.17. The van der Waals surface area contributed by atoms with E-state index in [1.807, 2.05) is 24.8 Å². The Morgan fingerprint density at radius 2 is 2.15 bits per heavy atom. The van der Waals surface area contributed by atoms with Crippen molar-refractivity contribution in [3.05, 3.63) is 28.7 Å². The number of nitrogens with zero attached hydrogens (tertiary/aromatic N) is 4. The van der Waals surface area contributed by atoms with E-state index in [9.17, 15) is 4.91 Å². The SMILES string of the molecule is CCCCN1C(=Nc2ccc(N=O)cc2C)SCC1CN(C)CC(C)C. The normalized spacial score (nSPS) is 19.1. The Bertz CT molecular complexity index is 632. The molecular weight excluding hydrogens is 344 g/mol. The molecule has 0 N–H and O–H groups in total. The molecule has 1 atom stereocenters. The predicted molar refractivity (Wildman–Crippen MR) is 114 cm³/mol. The number of likely N-dealkylation sites (N-methyl/N-ethyl adjacent to an activating group) is 1. The van der Waals surface area contributed by atoms with Gasteiger partial charge in [-0.05, 0) is 55.2 Å². The molecule has 0 aliphatic carbocycles. The van der Waals surface area contributed by atoms with Gasteiger partial charge >= 0.3 is 0 Å². The Morgan fingerprint density at radius 3 is 2.77 bits per heavy atom. The molecule has 144 valence electrons. The van der Waals surface area contributed by atoms with Crippen LogP contribution in [-0.2, 0) is 0 Å². The first-order valence-electron chi connectivity index (χ1n) is 9.55. The van der Waals surface area contributed by atoms with Gasteiger partial charge in [-0.25, -0.2) is 4.99 Å². The van der Waals surface area contributed by atoms with Gasteiger partial charge in [-0.3, -0.25) is 0 Å². The van der Waals surface area contributed by atoms with Gasteiger partial charge in [0.1, 0.15) is 5.69 Å². The summed E-state index contributed by atoms with van der Waals surface area (Å²) in [6, 6.07) is 5.94. The molecule has 0 amide bonds. The lowest BCUT2D eigenvalue weighted by Crippen LogP contribution is -2.43. The standard InChI is InChI=1S/C20H32N4OS/c1-6-7-10-24-18(13-23(5)12-15(2)3)14-26-20(24)21-19-9-8-17(22-25)11-16(19)4/h8-9,11,15,18H,6-7,10,12-14H2,1-5H3. The fourth-order valence-electron chi connectivity index (χ4n) is 3.34. The van der Waals surface area contributed by atoms with Gasteiger partial charge in [0.2, 0.25) is 0 Å². The van der Waals surface area contributed by atoms with Crippen molar-refractivity contribution in [3.8, 4) is 0 Å². The molecular formula is C20H32N4OS. The molecule has 0 spiro atoms. The number of aryl methyl sites for hydroxylation is 1. The molecule has 1 aromatic carbocycles. The average molecular weight is 377 g/mol. The van der Waals surface area contributed by atoms with Crippen LogP contribution in [0, 0.1) is 17.7 Å². The number of hydrogen-bond acceptors (Lipinski definition) is 5. The van der Waals surface area contributed by atoms with Crippen molar-refractivity contribution in [3.63, 3.8) is 0 Å². The van der Waals surface area contributed by atoms with E-state index in [0.717, 1.165) is 41.8 Å². The number of aliphatic imine (C=N–C) groups is 1. The van der Waals surface area contributed by atoms with Crippen molar-refractivity contribution in [2.24, 2.45) is 16.1 Å². The smallest absolute Gasteiger partial charge is 0.164 e. The summed E-state index contributed by atoms with van der Waals surface area (Å²) in [7, 11) is 2.22. The number of unbranched alkanes of at least 4 members (excludes halogenated alkanes) is 1. The molecule has 0 saturated carbocycles. The predicted octanol–water partition coefficient (Wildman–Crippen LogP) is 5.19. The number of nitroso groups, excluding NO2 is 1. The van der Waals surface area contributed by atoms with E-state index >= 15 is 0 Å². The summed E-state index contributed by atoms with van der Waals surface area (Å²) in [5.41, 5.74) is 2.38. The van der Waals surface area contributed by atoms with E-state index in [1.165, 1.54) is 12.8 Å². The van der Waals surface area contributed by atoms with E-state index in [4.69, 9.17) is 4.99 Å². The Morgan fingerprint density at radius 1 is 1.38 bits per heavy atom. The van der Waals surface area contributed by atoms with Crippen molar-refractivity contribution in [1.29, 1.82) is 0 Å². The third-order valence-electron chi connectivity index (χ3n) is 4.54. The highest BCUT2D eigenvalue weighted by atomic mass is 32.2. The Labute approximate surface area is 162 Å². The van der Waals surface area contributed by atoms with Gasteiger partial charge in [-0.15, -0.1) is 4.91 Å². The highest BCUT2D eigenvalue weighted by Gasteiger charge is 2.30. The van der Waals surface area contributed by atoms with Crippen LogP contribution in [0.4, 0.5) is 11.4 Å². The lowest BCUT2D eigenvalue weighted by molar-refractivity contribution is 0.223. The highest BCUT2D eigenvalue weighted by molar-refractivity contribution is 8.14. The topological polar surface area (TPSA) is 48.3 Å². The monoisotopic (exact) mass is 376 g/mol. The molecule has 0 bridgehead atoms. The molecule has 6 heteroatoms. The van der Waals surface area contributed by atoms with Crippen LogP contribution in [0.15, 0.2) is 28.4 Å².